The number of nitrogens with zero attached hydrogens (tertiary/aromatic N) is 4. The van der Waals surface area contributed by atoms with Crippen LogP contribution in [0.25, 0.3) is 65.8 Å². The van der Waals surface area contributed by atoms with Crippen molar-refractivity contribution < 1.29 is 4.79 Å². The Hall–Kier alpha value is -8.54. The van der Waals surface area contributed by atoms with Crippen LogP contribution in [-0.2, 0) is 0 Å². The van der Waals surface area contributed by atoms with Crippen molar-refractivity contribution in [1.29, 1.82) is 0 Å². The number of anilines is 4. The van der Waals surface area contributed by atoms with E-state index in [0.29, 0.717) is 0 Å². The molecule has 0 saturated carbocycles. The van der Waals surface area contributed by atoms with Crippen molar-refractivity contribution in [1.82, 2.24) is 9.13 Å². The van der Waals surface area contributed by atoms with Crippen LogP contribution in [0.1, 0.15) is 0 Å². The smallest absolute Gasteiger partial charge is 0.309 e. The molecule has 3 aliphatic rings. The van der Waals surface area contributed by atoms with E-state index in [1.54, 1.807) is 0 Å². The molecule has 0 atom stereocenters. The SMILES string of the molecule is O=C1N2c3ccc4c(c3B(c3ccccc3)c3ccc5ccc6c(c5c32)N1c1ccc2c(c1B6c1ccccc1)c1ccccc1n2-c1ccccc1)c1ccccc1n4-c1ccccc1. The molecule has 0 unspecified atom stereocenters. The number of amides is 2. The molecule has 0 bridgehead atoms. The van der Waals surface area contributed by atoms with Crippen molar-refractivity contribution in [2.45, 2.75) is 0 Å². The number of carbonyl (C=O) groups excluding carboxylic acids is 1. The van der Waals surface area contributed by atoms with Crippen LogP contribution in [0.4, 0.5) is 27.5 Å². The predicted octanol–water partition coefficient (Wildman–Crippen LogP) is 10.1. The van der Waals surface area contributed by atoms with Gasteiger partial charge in [0.1, 0.15) is 0 Å². The fraction of sp³-hybridized carbons (Fsp3) is 0. The Labute approximate surface area is 381 Å². The number of hydrogen-bond acceptors (Lipinski definition) is 1. The van der Waals surface area contributed by atoms with E-state index in [4.69, 9.17) is 0 Å². The van der Waals surface area contributed by atoms with Gasteiger partial charge in [-0.2, -0.15) is 0 Å². The van der Waals surface area contributed by atoms with Gasteiger partial charge in [-0.3, -0.25) is 9.80 Å². The van der Waals surface area contributed by atoms with Gasteiger partial charge in [0, 0.05) is 49.7 Å². The highest BCUT2D eigenvalue weighted by Gasteiger charge is 2.49. The van der Waals surface area contributed by atoms with E-state index in [2.05, 4.69) is 237 Å². The first-order valence-corrected chi connectivity index (χ1v) is 22.8. The zero-order valence-electron chi connectivity index (χ0n) is 35.6. The molecule has 2 aromatic heterocycles. The van der Waals surface area contributed by atoms with E-state index >= 15 is 4.79 Å². The molecule has 0 saturated heterocycles. The zero-order chi connectivity index (χ0) is 43.2. The highest BCUT2D eigenvalue weighted by Crippen LogP contribution is 2.49. The molecular weight excluding hydrogens is 802 g/mol. The number of hydrogen-bond donors (Lipinski definition) is 0. The van der Waals surface area contributed by atoms with Gasteiger partial charge in [0.15, 0.2) is 0 Å². The van der Waals surface area contributed by atoms with Gasteiger partial charge in [0.05, 0.1) is 33.4 Å². The lowest BCUT2D eigenvalue weighted by molar-refractivity contribution is 0.255. The van der Waals surface area contributed by atoms with Crippen LogP contribution < -0.4 is 42.6 Å². The van der Waals surface area contributed by atoms with Gasteiger partial charge >= 0.3 is 6.03 Å². The van der Waals surface area contributed by atoms with E-state index in [1.807, 2.05) is 0 Å². The third-order valence-electron chi connectivity index (χ3n) is 14.7. The summed E-state index contributed by atoms with van der Waals surface area (Å²) < 4.78 is 4.76. The molecule has 0 fully saturated rings. The Morgan fingerprint density at radius 1 is 0.333 bits per heavy atom. The van der Waals surface area contributed by atoms with E-state index in [-0.39, 0.29) is 19.5 Å². The predicted molar refractivity (Wildman–Crippen MR) is 277 cm³/mol. The summed E-state index contributed by atoms with van der Waals surface area (Å²) in [6.45, 7) is -0.286. The molecular formula is C59H36B2N4O. The quantitative estimate of drug-likeness (QED) is 0.163. The molecule has 3 aliphatic heterocycles. The molecule has 12 aromatic rings. The number of fused-ring (bicyclic) bond motifs is 12. The zero-order valence-corrected chi connectivity index (χ0v) is 35.6. The number of urea groups is 1. The largest absolute Gasteiger partial charge is 0.338 e. The molecule has 66 heavy (non-hydrogen) atoms. The minimum atomic E-state index is -0.143. The van der Waals surface area contributed by atoms with Gasteiger partial charge in [-0.15, -0.1) is 0 Å². The summed E-state index contributed by atoms with van der Waals surface area (Å²) >= 11 is 0. The lowest BCUT2D eigenvalue weighted by atomic mass is 9.33. The van der Waals surface area contributed by atoms with Gasteiger partial charge in [-0.25, -0.2) is 4.79 Å². The van der Waals surface area contributed by atoms with Crippen LogP contribution >= 0.6 is 0 Å². The van der Waals surface area contributed by atoms with E-state index in [0.717, 1.165) is 110 Å². The fourth-order valence-corrected chi connectivity index (χ4v) is 12.2. The number of carbonyl (C=O) groups is 1. The van der Waals surface area contributed by atoms with Crippen molar-refractivity contribution in [3.05, 3.63) is 218 Å². The van der Waals surface area contributed by atoms with Crippen LogP contribution in [0.5, 0.6) is 0 Å². The maximum atomic E-state index is 16.5. The number of aromatic nitrogens is 2. The third kappa shape index (κ3) is 4.58. The number of rotatable bonds is 4. The van der Waals surface area contributed by atoms with Crippen molar-refractivity contribution in [2.75, 3.05) is 9.80 Å². The molecule has 0 spiro atoms. The van der Waals surface area contributed by atoms with Gasteiger partial charge in [-0.1, -0.05) is 169 Å². The van der Waals surface area contributed by atoms with Crippen LogP contribution in [0.2, 0.25) is 0 Å². The summed E-state index contributed by atoms with van der Waals surface area (Å²) in [7, 11) is 0. The van der Waals surface area contributed by atoms with Gasteiger partial charge < -0.3 is 9.13 Å². The summed E-state index contributed by atoms with van der Waals surface area (Å²) in [5.41, 5.74) is 17.5. The highest BCUT2D eigenvalue weighted by atomic mass is 16.2. The molecule has 5 heterocycles. The summed E-state index contributed by atoms with van der Waals surface area (Å²) in [4.78, 5) is 20.6. The average Bonchev–Trinajstić information content (AvgIpc) is 3.91. The van der Waals surface area contributed by atoms with E-state index in [1.165, 1.54) is 10.9 Å². The summed E-state index contributed by atoms with van der Waals surface area (Å²) in [5.74, 6) is 0. The first-order valence-electron chi connectivity index (χ1n) is 22.8. The molecule has 0 N–H and O–H groups in total. The minimum Gasteiger partial charge on any atom is -0.309 e. The first kappa shape index (κ1) is 35.9. The number of benzene rings is 10. The van der Waals surface area contributed by atoms with E-state index < -0.39 is 0 Å². The van der Waals surface area contributed by atoms with Crippen LogP contribution in [-0.4, -0.2) is 28.6 Å². The van der Waals surface area contributed by atoms with Crippen LogP contribution in [0, 0.1) is 0 Å². The fourth-order valence-electron chi connectivity index (χ4n) is 12.2. The van der Waals surface area contributed by atoms with E-state index in [9.17, 15) is 0 Å². The normalized spacial score (nSPS) is 13.7. The summed E-state index contributed by atoms with van der Waals surface area (Å²) in [6.07, 6.45) is 0. The topological polar surface area (TPSA) is 33.4 Å². The molecule has 304 valence electrons. The van der Waals surface area contributed by atoms with Gasteiger partial charge in [0.25, 0.3) is 0 Å². The molecule has 15 rings (SSSR count). The lowest BCUT2D eigenvalue weighted by Crippen LogP contribution is -2.64. The monoisotopic (exact) mass is 838 g/mol. The number of para-hydroxylation sites is 4. The Morgan fingerprint density at radius 2 is 0.727 bits per heavy atom. The maximum absolute atomic E-state index is 16.5. The second-order valence-corrected chi connectivity index (χ2v) is 17.9. The Morgan fingerprint density at radius 3 is 1.17 bits per heavy atom. The molecule has 7 heteroatoms. The molecule has 0 radical (unpaired) electrons. The molecule has 2 amide bonds. The van der Waals surface area contributed by atoms with Gasteiger partial charge in [0.2, 0.25) is 13.4 Å². The highest BCUT2D eigenvalue weighted by molar-refractivity contribution is 7.01. The van der Waals surface area contributed by atoms with Crippen molar-refractivity contribution in [2.24, 2.45) is 0 Å². The second kappa shape index (κ2) is 13.3. The Bertz CT molecular complexity index is 3780. The second-order valence-electron chi connectivity index (χ2n) is 17.9. The molecule has 5 nitrogen and oxygen atoms in total. The molecule has 0 aliphatic carbocycles. The lowest BCUT2D eigenvalue weighted by Gasteiger charge is -2.46. The maximum Gasteiger partial charge on any atom is 0.338 e. The van der Waals surface area contributed by atoms with Crippen molar-refractivity contribution in [3.63, 3.8) is 0 Å². The summed E-state index contributed by atoms with van der Waals surface area (Å²) in [5, 5.41) is 6.88. The molecule has 10 aromatic carbocycles. The average molecular weight is 839 g/mol. The van der Waals surface area contributed by atoms with Crippen LogP contribution in [0.15, 0.2) is 218 Å². The Kier molecular flexibility index (Phi) is 7.20. The van der Waals surface area contributed by atoms with Crippen molar-refractivity contribution in [3.8, 4) is 11.4 Å². The van der Waals surface area contributed by atoms with Crippen molar-refractivity contribution >= 4 is 129 Å². The van der Waals surface area contributed by atoms with Gasteiger partial charge in [-0.05, 0) is 87.9 Å². The Balaban J connectivity index is 1.09. The third-order valence-corrected chi connectivity index (χ3v) is 14.7. The minimum absolute atomic E-state index is 0.0680. The standard InChI is InChI=1S/C59H36B2N4O/c66-59-64-50-35-33-48-53(42-25-13-15-27-46(42)62(48)40-21-9-3-10-22-40)55(50)60(38-17-5-1-6-18-38)44-31-29-37-30-32-45-58(52(37)57(44)64)65(59)51-36-34-49-54(56(51)61(45)39-19-7-2-8-20-39)43-26-14-16-28-47(43)63(49)41-23-11-4-12-24-41/h1-36H. The first-order chi connectivity index (χ1) is 32.7. The summed E-state index contributed by atoms with van der Waals surface area (Å²) in [6, 6.07) is 78.6. The van der Waals surface area contributed by atoms with Crippen LogP contribution in [0.3, 0.4) is 0 Å².